The van der Waals surface area contributed by atoms with Crippen LogP contribution in [0.1, 0.15) is 34.6 Å². The van der Waals surface area contributed by atoms with Crippen molar-refractivity contribution in [2.45, 2.75) is 52.4 Å². The second-order valence-corrected chi connectivity index (χ2v) is 9.77. The number of hydrogen-bond donors (Lipinski definition) is 0. The van der Waals surface area contributed by atoms with Gasteiger partial charge in [-0.15, -0.1) is 0 Å². The van der Waals surface area contributed by atoms with Crippen molar-refractivity contribution in [1.29, 1.82) is 0 Å². The van der Waals surface area contributed by atoms with Crippen LogP contribution in [0.3, 0.4) is 0 Å². The monoisotopic (exact) mass is 491 g/mol. The number of ether oxygens (including phenoxy) is 4. The number of methoxy groups -OCH3 is 1. The van der Waals surface area contributed by atoms with Gasteiger partial charge in [0.05, 0.1) is 31.3 Å². The molecule has 1 aliphatic rings. The molecule has 0 saturated carbocycles. The molecule has 0 bridgehead atoms. The molecule has 2 heterocycles. The smallest absolute Gasteiger partial charge is 0.411 e. The molecule has 9 nitrogen and oxygen atoms in total. The van der Waals surface area contributed by atoms with Crippen molar-refractivity contribution < 1.29 is 28.5 Å². The zero-order valence-electron chi connectivity index (χ0n) is 20.3. The lowest BCUT2D eigenvalue weighted by Gasteiger charge is -2.27. The Labute approximate surface area is 204 Å². The standard InChI is InChI=1S/C24H30ClN3O6/c1-13(2)12-32-22(29)19-14(3)18(11-28(19)23(30)34-24(4,5)6)33-21-20(25)26-16-9-8-15(31-7)10-17(16)27-21/h8-10,13,18-19H,3,11-12H2,1-2,4-7H3/t18-,19-/m0/s1. The molecule has 0 spiro atoms. The lowest BCUT2D eigenvalue weighted by atomic mass is 10.1. The number of esters is 1. The molecule has 1 aromatic carbocycles. The first-order valence-electron chi connectivity index (χ1n) is 10.9. The quantitative estimate of drug-likeness (QED) is 0.432. The third-order valence-electron chi connectivity index (χ3n) is 4.90. The first-order valence-corrected chi connectivity index (χ1v) is 11.3. The molecule has 1 aromatic heterocycles. The number of likely N-dealkylation sites (tertiary alicyclic amines) is 1. The van der Waals surface area contributed by atoms with Gasteiger partial charge in [0.15, 0.2) is 11.2 Å². The van der Waals surface area contributed by atoms with Gasteiger partial charge in [-0.05, 0) is 44.4 Å². The SMILES string of the molecule is C=C1[C@@H](C(=O)OCC(C)C)N(C(=O)OC(C)(C)C)C[C@@H]1Oc1nc2cc(OC)ccc2nc1Cl. The van der Waals surface area contributed by atoms with Gasteiger partial charge in [0.2, 0.25) is 0 Å². The Kier molecular flexibility index (Phi) is 7.55. The summed E-state index contributed by atoms with van der Waals surface area (Å²) in [6, 6.07) is 4.12. The van der Waals surface area contributed by atoms with Crippen LogP contribution < -0.4 is 9.47 Å². The molecule has 2 atom stereocenters. The fourth-order valence-corrected chi connectivity index (χ4v) is 3.51. The summed E-state index contributed by atoms with van der Waals surface area (Å²) in [5, 5.41) is 0.0418. The van der Waals surface area contributed by atoms with Crippen LogP contribution in [-0.4, -0.2) is 64.9 Å². The second kappa shape index (κ2) is 10.0. The third kappa shape index (κ3) is 5.88. The average Bonchev–Trinajstić information content (AvgIpc) is 3.07. The minimum absolute atomic E-state index is 0.00332. The van der Waals surface area contributed by atoms with E-state index in [2.05, 4.69) is 16.5 Å². The third-order valence-corrected chi connectivity index (χ3v) is 5.15. The van der Waals surface area contributed by atoms with Crippen LogP contribution in [0, 0.1) is 5.92 Å². The van der Waals surface area contributed by atoms with Gasteiger partial charge in [-0.3, -0.25) is 4.90 Å². The molecule has 0 N–H and O–H groups in total. The first-order chi connectivity index (χ1) is 15.9. The van der Waals surface area contributed by atoms with Crippen molar-refractivity contribution in [3.63, 3.8) is 0 Å². The molecular weight excluding hydrogens is 462 g/mol. The molecule has 1 aliphatic heterocycles. The van der Waals surface area contributed by atoms with Gasteiger partial charge in [0, 0.05) is 6.07 Å². The van der Waals surface area contributed by atoms with Gasteiger partial charge >= 0.3 is 12.1 Å². The second-order valence-electron chi connectivity index (χ2n) is 9.41. The highest BCUT2D eigenvalue weighted by atomic mass is 35.5. The van der Waals surface area contributed by atoms with E-state index in [0.717, 1.165) is 0 Å². The van der Waals surface area contributed by atoms with Crippen LogP contribution in [0.25, 0.3) is 11.0 Å². The summed E-state index contributed by atoms with van der Waals surface area (Å²) in [7, 11) is 1.55. The summed E-state index contributed by atoms with van der Waals surface area (Å²) in [5.41, 5.74) is 0.659. The molecule has 3 rings (SSSR count). The number of carbonyl (C=O) groups is 2. The van der Waals surface area contributed by atoms with E-state index in [4.69, 9.17) is 30.5 Å². The molecule has 10 heteroatoms. The number of halogens is 1. The van der Waals surface area contributed by atoms with E-state index in [9.17, 15) is 9.59 Å². The predicted octanol–water partition coefficient (Wildman–Crippen LogP) is 4.41. The fraction of sp³-hybridized carbons (Fsp3) is 0.500. The molecule has 1 amide bonds. The Morgan fingerprint density at radius 2 is 1.94 bits per heavy atom. The van der Waals surface area contributed by atoms with E-state index in [1.54, 1.807) is 46.1 Å². The van der Waals surface area contributed by atoms with E-state index in [0.29, 0.717) is 22.4 Å². The van der Waals surface area contributed by atoms with Crippen LogP contribution in [-0.2, 0) is 14.3 Å². The number of rotatable bonds is 6. The summed E-state index contributed by atoms with van der Waals surface area (Å²) in [6.45, 7) is 13.3. The molecular formula is C24H30ClN3O6. The summed E-state index contributed by atoms with van der Waals surface area (Å²) >= 11 is 6.32. The van der Waals surface area contributed by atoms with E-state index in [-0.39, 0.29) is 30.1 Å². The highest BCUT2D eigenvalue weighted by Gasteiger charge is 2.47. The van der Waals surface area contributed by atoms with Gasteiger partial charge in [0.25, 0.3) is 5.88 Å². The van der Waals surface area contributed by atoms with Crippen molar-refractivity contribution in [1.82, 2.24) is 14.9 Å². The Bertz CT molecular complexity index is 1100. The number of fused-ring (bicyclic) bond motifs is 1. The van der Waals surface area contributed by atoms with Crippen LogP contribution in [0.15, 0.2) is 30.4 Å². The average molecular weight is 492 g/mol. The van der Waals surface area contributed by atoms with Gasteiger partial charge in [-0.1, -0.05) is 32.0 Å². The minimum Gasteiger partial charge on any atom is -0.497 e. The van der Waals surface area contributed by atoms with Crippen LogP contribution in [0.4, 0.5) is 4.79 Å². The number of aromatic nitrogens is 2. The van der Waals surface area contributed by atoms with E-state index >= 15 is 0 Å². The maximum absolute atomic E-state index is 12.9. The fourth-order valence-electron chi connectivity index (χ4n) is 3.33. The molecule has 184 valence electrons. The largest absolute Gasteiger partial charge is 0.497 e. The van der Waals surface area contributed by atoms with Gasteiger partial charge in [-0.2, -0.15) is 0 Å². The van der Waals surface area contributed by atoms with Crippen molar-refractivity contribution in [2.24, 2.45) is 5.92 Å². The van der Waals surface area contributed by atoms with Gasteiger partial charge < -0.3 is 18.9 Å². The molecule has 1 fully saturated rings. The summed E-state index contributed by atoms with van der Waals surface area (Å²) < 4.78 is 22.1. The zero-order chi connectivity index (χ0) is 25.2. The highest BCUT2D eigenvalue weighted by molar-refractivity contribution is 6.31. The van der Waals surface area contributed by atoms with E-state index in [1.807, 2.05) is 13.8 Å². The number of amides is 1. The number of benzene rings is 1. The van der Waals surface area contributed by atoms with Crippen LogP contribution in [0.5, 0.6) is 11.6 Å². The van der Waals surface area contributed by atoms with Crippen molar-refractivity contribution in [3.8, 4) is 11.6 Å². The predicted molar refractivity (Wildman–Crippen MR) is 127 cm³/mol. The van der Waals surface area contributed by atoms with Crippen molar-refractivity contribution in [2.75, 3.05) is 20.3 Å². The lowest BCUT2D eigenvalue weighted by Crippen LogP contribution is -2.44. The Balaban J connectivity index is 1.89. The Morgan fingerprint density at radius 3 is 2.56 bits per heavy atom. The van der Waals surface area contributed by atoms with Crippen LogP contribution >= 0.6 is 11.6 Å². The number of hydrogen-bond acceptors (Lipinski definition) is 8. The molecule has 2 aromatic rings. The normalized spacial score (nSPS) is 18.4. The lowest BCUT2D eigenvalue weighted by molar-refractivity contribution is -0.148. The van der Waals surface area contributed by atoms with Crippen molar-refractivity contribution in [3.05, 3.63) is 35.5 Å². The Hall–Kier alpha value is -3.07. The molecule has 0 aliphatic carbocycles. The minimum atomic E-state index is -1.06. The maximum Gasteiger partial charge on any atom is 0.411 e. The molecule has 34 heavy (non-hydrogen) atoms. The molecule has 0 radical (unpaired) electrons. The topological polar surface area (TPSA) is 100 Å². The maximum atomic E-state index is 12.9. The molecule has 1 saturated heterocycles. The van der Waals surface area contributed by atoms with Crippen LogP contribution in [0.2, 0.25) is 5.15 Å². The number of nitrogens with zero attached hydrogens (tertiary/aromatic N) is 3. The van der Waals surface area contributed by atoms with E-state index < -0.39 is 29.8 Å². The van der Waals surface area contributed by atoms with Gasteiger partial charge in [-0.25, -0.2) is 19.6 Å². The van der Waals surface area contributed by atoms with E-state index in [1.165, 1.54) is 4.90 Å². The highest BCUT2D eigenvalue weighted by Crippen LogP contribution is 2.32. The Morgan fingerprint density at radius 1 is 1.24 bits per heavy atom. The zero-order valence-corrected chi connectivity index (χ0v) is 21.0. The number of carbonyl (C=O) groups excluding carboxylic acids is 2. The van der Waals surface area contributed by atoms with Gasteiger partial charge in [0.1, 0.15) is 17.5 Å². The van der Waals surface area contributed by atoms with Crippen molar-refractivity contribution >= 4 is 34.7 Å². The summed E-state index contributed by atoms with van der Waals surface area (Å²) in [6.07, 6.45) is -1.45. The summed E-state index contributed by atoms with van der Waals surface area (Å²) in [4.78, 5) is 35.8. The molecule has 0 unspecified atom stereocenters. The summed E-state index contributed by atoms with van der Waals surface area (Å²) in [5.74, 6) is 0.179. The first kappa shape index (κ1) is 25.6.